The Morgan fingerprint density at radius 2 is 2.00 bits per heavy atom. The summed E-state index contributed by atoms with van der Waals surface area (Å²) < 4.78 is 7.48. The first-order valence-corrected chi connectivity index (χ1v) is 8.14. The van der Waals surface area contributed by atoms with E-state index in [1.54, 1.807) is 13.4 Å². The SMILES string of the molecule is COc1cc2c(N3CCc4c(C)nn(C)c4C3)ncnc2cc1C. The second kappa shape index (κ2) is 5.47. The second-order valence-corrected chi connectivity index (χ2v) is 6.34. The van der Waals surface area contributed by atoms with Crippen LogP contribution in [0.1, 0.15) is 22.5 Å². The molecule has 0 unspecified atom stereocenters. The Kier molecular flexibility index (Phi) is 3.40. The molecule has 0 saturated heterocycles. The Balaban J connectivity index is 1.81. The fourth-order valence-corrected chi connectivity index (χ4v) is 3.61. The smallest absolute Gasteiger partial charge is 0.140 e. The lowest BCUT2D eigenvalue weighted by molar-refractivity contribution is 0.412. The van der Waals surface area contributed by atoms with Crippen LogP contribution in [0.3, 0.4) is 0 Å². The quantitative estimate of drug-likeness (QED) is 0.725. The first kappa shape index (κ1) is 14.9. The average Bonchev–Trinajstić information content (AvgIpc) is 2.87. The Morgan fingerprint density at radius 3 is 2.79 bits per heavy atom. The van der Waals surface area contributed by atoms with Gasteiger partial charge in [0.15, 0.2) is 0 Å². The first-order valence-electron chi connectivity index (χ1n) is 8.14. The van der Waals surface area contributed by atoms with Crippen LogP contribution in [-0.2, 0) is 20.0 Å². The van der Waals surface area contributed by atoms with Crippen molar-refractivity contribution in [3.63, 3.8) is 0 Å². The molecule has 0 N–H and O–H groups in total. The second-order valence-electron chi connectivity index (χ2n) is 6.34. The van der Waals surface area contributed by atoms with Crippen molar-refractivity contribution in [1.82, 2.24) is 19.7 Å². The first-order chi connectivity index (χ1) is 11.6. The average molecular weight is 323 g/mol. The number of methoxy groups -OCH3 is 1. The van der Waals surface area contributed by atoms with E-state index in [1.165, 1.54) is 11.3 Å². The Labute approximate surface area is 141 Å². The summed E-state index contributed by atoms with van der Waals surface area (Å²) in [7, 11) is 3.71. The van der Waals surface area contributed by atoms with Crippen LogP contribution in [0.2, 0.25) is 0 Å². The Hall–Kier alpha value is -2.63. The molecule has 0 radical (unpaired) electrons. The number of ether oxygens (including phenoxy) is 1. The van der Waals surface area contributed by atoms with E-state index < -0.39 is 0 Å². The summed E-state index contributed by atoms with van der Waals surface area (Å²) in [5.41, 5.74) is 5.81. The van der Waals surface area contributed by atoms with E-state index in [1.807, 2.05) is 24.7 Å². The maximum Gasteiger partial charge on any atom is 0.140 e. The molecule has 2 aromatic heterocycles. The topological polar surface area (TPSA) is 56.1 Å². The van der Waals surface area contributed by atoms with E-state index in [-0.39, 0.29) is 0 Å². The highest BCUT2D eigenvalue weighted by atomic mass is 16.5. The standard InChI is InChI=1S/C18H21N5O/c1-11-7-15-14(8-17(11)24-4)18(20-10-19-15)23-6-5-13-12(2)21-22(3)16(13)9-23/h7-8,10H,5-6,9H2,1-4H3. The van der Waals surface area contributed by atoms with Crippen molar-refractivity contribution >= 4 is 16.7 Å². The third kappa shape index (κ3) is 2.21. The molecule has 1 aliphatic rings. The summed E-state index contributed by atoms with van der Waals surface area (Å²) >= 11 is 0. The largest absolute Gasteiger partial charge is 0.496 e. The molecule has 0 fully saturated rings. The predicted molar refractivity (Wildman–Crippen MR) is 93.5 cm³/mol. The van der Waals surface area contributed by atoms with Crippen molar-refractivity contribution in [2.75, 3.05) is 18.6 Å². The van der Waals surface area contributed by atoms with E-state index in [9.17, 15) is 0 Å². The number of rotatable bonds is 2. The van der Waals surface area contributed by atoms with Gasteiger partial charge in [0.05, 0.1) is 30.6 Å². The normalized spacial score (nSPS) is 14.1. The molecule has 24 heavy (non-hydrogen) atoms. The van der Waals surface area contributed by atoms with Crippen molar-refractivity contribution in [2.24, 2.45) is 7.05 Å². The summed E-state index contributed by atoms with van der Waals surface area (Å²) in [6, 6.07) is 4.10. The van der Waals surface area contributed by atoms with Gasteiger partial charge in [-0.15, -0.1) is 0 Å². The minimum absolute atomic E-state index is 0.814. The van der Waals surface area contributed by atoms with Gasteiger partial charge in [-0.05, 0) is 43.5 Å². The molecule has 0 atom stereocenters. The van der Waals surface area contributed by atoms with Gasteiger partial charge in [0.2, 0.25) is 0 Å². The van der Waals surface area contributed by atoms with Crippen LogP contribution in [0.15, 0.2) is 18.5 Å². The molecule has 3 heterocycles. The number of benzene rings is 1. The van der Waals surface area contributed by atoms with Gasteiger partial charge < -0.3 is 9.64 Å². The number of aromatic nitrogens is 4. The van der Waals surface area contributed by atoms with Crippen LogP contribution < -0.4 is 9.64 Å². The molecule has 3 aromatic rings. The molecule has 0 spiro atoms. The van der Waals surface area contributed by atoms with Gasteiger partial charge in [0.1, 0.15) is 17.9 Å². The van der Waals surface area contributed by atoms with Gasteiger partial charge in [-0.3, -0.25) is 4.68 Å². The van der Waals surface area contributed by atoms with E-state index in [0.717, 1.165) is 53.2 Å². The zero-order valence-electron chi connectivity index (χ0n) is 14.5. The monoisotopic (exact) mass is 323 g/mol. The zero-order chi connectivity index (χ0) is 16.8. The van der Waals surface area contributed by atoms with Crippen LogP contribution in [0, 0.1) is 13.8 Å². The Morgan fingerprint density at radius 1 is 1.17 bits per heavy atom. The molecule has 6 nitrogen and oxygen atoms in total. The van der Waals surface area contributed by atoms with Crippen molar-refractivity contribution in [2.45, 2.75) is 26.8 Å². The van der Waals surface area contributed by atoms with E-state index in [4.69, 9.17) is 4.74 Å². The number of aryl methyl sites for hydroxylation is 3. The number of fused-ring (bicyclic) bond motifs is 2. The van der Waals surface area contributed by atoms with E-state index >= 15 is 0 Å². The fourth-order valence-electron chi connectivity index (χ4n) is 3.61. The molecule has 4 rings (SSSR count). The lowest BCUT2D eigenvalue weighted by Crippen LogP contribution is -2.32. The van der Waals surface area contributed by atoms with Gasteiger partial charge in [0.25, 0.3) is 0 Å². The zero-order valence-corrected chi connectivity index (χ0v) is 14.5. The number of nitrogens with zero attached hydrogens (tertiary/aromatic N) is 5. The molecule has 0 amide bonds. The van der Waals surface area contributed by atoms with Crippen molar-refractivity contribution in [1.29, 1.82) is 0 Å². The van der Waals surface area contributed by atoms with Gasteiger partial charge in [0, 0.05) is 19.0 Å². The highest BCUT2D eigenvalue weighted by Crippen LogP contribution is 2.32. The van der Waals surface area contributed by atoms with Crippen molar-refractivity contribution in [3.8, 4) is 5.75 Å². The minimum Gasteiger partial charge on any atom is -0.496 e. The van der Waals surface area contributed by atoms with Gasteiger partial charge in [-0.25, -0.2) is 9.97 Å². The number of hydrogen-bond acceptors (Lipinski definition) is 5. The molecule has 1 aromatic carbocycles. The van der Waals surface area contributed by atoms with Crippen LogP contribution >= 0.6 is 0 Å². The van der Waals surface area contributed by atoms with E-state index in [0.29, 0.717) is 0 Å². The van der Waals surface area contributed by atoms with Crippen LogP contribution in [0.5, 0.6) is 5.75 Å². The summed E-state index contributed by atoms with van der Waals surface area (Å²) in [5, 5.41) is 5.59. The lowest BCUT2D eigenvalue weighted by Gasteiger charge is -2.29. The summed E-state index contributed by atoms with van der Waals surface area (Å²) in [6.45, 7) is 5.87. The van der Waals surface area contributed by atoms with Gasteiger partial charge >= 0.3 is 0 Å². The molecule has 6 heteroatoms. The summed E-state index contributed by atoms with van der Waals surface area (Å²) in [6.07, 6.45) is 2.64. The summed E-state index contributed by atoms with van der Waals surface area (Å²) in [4.78, 5) is 11.3. The van der Waals surface area contributed by atoms with Crippen LogP contribution in [-0.4, -0.2) is 33.4 Å². The number of anilines is 1. The molecular formula is C18H21N5O. The minimum atomic E-state index is 0.814. The molecular weight excluding hydrogens is 302 g/mol. The molecule has 124 valence electrons. The van der Waals surface area contributed by atoms with E-state index in [2.05, 4.69) is 33.0 Å². The molecule has 0 aliphatic carbocycles. The third-order valence-corrected chi connectivity index (χ3v) is 4.88. The highest BCUT2D eigenvalue weighted by Gasteiger charge is 2.24. The van der Waals surface area contributed by atoms with Gasteiger partial charge in [-0.2, -0.15) is 5.10 Å². The Bertz CT molecular complexity index is 931. The fraction of sp³-hybridized carbons (Fsp3) is 0.389. The van der Waals surface area contributed by atoms with Crippen molar-refractivity contribution < 1.29 is 4.74 Å². The molecule has 0 saturated carbocycles. The highest BCUT2D eigenvalue weighted by molar-refractivity contribution is 5.91. The molecule has 1 aliphatic heterocycles. The maximum absolute atomic E-state index is 5.49. The summed E-state index contributed by atoms with van der Waals surface area (Å²) in [5.74, 6) is 1.83. The number of hydrogen-bond donors (Lipinski definition) is 0. The lowest BCUT2D eigenvalue weighted by atomic mass is 10.0. The van der Waals surface area contributed by atoms with Gasteiger partial charge in [-0.1, -0.05) is 0 Å². The van der Waals surface area contributed by atoms with Crippen LogP contribution in [0.25, 0.3) is 10.9 Å². The maximum atomic E-state index is 5.49. The third-order valence-electron chi connectivity index (χ3n) is 4.88. The van der Waals surface area contributed by atoms with Crippen LogP contribution in [0.4, 0.5) is 5.82 Å². The van der Waals surface area contributed by atoms with Crippen molar-refractivity contribution in [3.05, 3.63) is 41.0 Å². The molecule has 0 bridgehead atoms. The predicted octanol–water partition coefficient (Wildman–Crippen LogP) is 2.55.